The number of carbonyl (C=O) groups excluding carboxylic acids is 1. The molecule has 2 N–H and O–H groups in total. The molecule has 0 amide bonds. The number of nitriles is 1. The summed E-state index contributed by atoms with van der Waals surface area (Å²) in [6.07, 6.45) is 0. The molecule has 0 atom stereocenters. The molecule has 0 unspecified atom stereocenters. The molecule has 2 aromatic rings. The van der Waals surface area contributed by atoms with Gasteiger partial charge in [-0.25, -0.2) is 4.79 Å². The second-order valence-electron chi connectivity index (χ2n) is 5.20. The lowest BCUT2D eigenvalue weighted by Crippen LogP contribution is -2.23. The molecule has 1 heterocycles. The molecule has 0 bridgehead atoms. The first-order valence-electron chi connectivity index (χ1n) is 7.52. The Morgan fingerprint density at radius 3 is 2.50 bits per heavy atom. The van der Waals surface area contributed by atoms with Crippen LogP contribution in [0.5, 0.6) is 5.88 Å². The Balaban J connectivity index is 2.47. The lowest BCUT2D eigenvalue weighted by molar-refractivity contribution is 0.0600. The van der Waals surface area contributed by atoms with Crippen LogP contribution in [0.15, 0.2) is 39.3 Å². The van der Waals surface area contributed by atoms with Crippen LogP contribution in [0, 0.1) is 18.3 Å². The lowest BCUT2D eigenvalue weighted by atomic mass is 10.1. The summed E-state index contributed by atoms with van der Waals surface area (Å²) in [6, 6.07) is 7.83. The Morgan fingerprint density at radius 1 is 1.31 bits per heavy atom. The van der Waals surface area contributed by atoms with Gasteiger partial charge in [-0.05, 0) is 31.2 Å². The molecule has 9 heteroatoms. The van der Waals surface area contributed by atoms with Crippen LogP contribution in [0.2, 0.25) is 0 Å². The molecular weight excluding hydrogens is 340 g/mol. The number of hydrogen-bond donors (Lipinski definition) is 2. The fourth-order valence-corrected chi connectivity index (χ4v) is 2.25. The van der Waals surface area contributed by atoms with Crippen molar-refractivity contribution < 1.29 is 19.7 Å². The quantitative estimate of drug-likeness (QED) is 0.620. The summed E-state index contributed by atoms with van der Waals surface area (Å²) in [5, 5.41) is 36.1. The zero-order valence-corrected chi connectivity index (χ0v) is 14.1. The largest absolute Gasteiger partial charge is 0.493 e. The maximum atomic E-state index is 12.4. The molecule has 2 rings (SSSR count). The van der Waals surface area contributed by atoms with E-state index in [0.29, 0.717) is 11.3 Å². The molecule has 1 aromatic heterocycles. The van der Waals surface area contributed by atoms with Crippen molar-refractivity contribution >= 4 is 17.3 Å². The first kappa shape index (κ1) is 18.8. The van der Waals surface area contributed by atoms with E-state index in [9.17, 15) is 20.0 Å². The van der Waals surface area contributed by atoms with Crippen molar-refractivity contribution in [3.63, 3.8) is 0 Å². The molecule has 0 fully saturated rings. The van der Waals surface area contributed by atoms with Gasteiger partial charge in [-0.2, -0.15) is 10.4 Å². The normalized spacial score (nSPS) is 10.7. The van der Waals surface area contributed by atoms with Crippen molar-refractivity contribution in [1.82, 2.24) is 4.57 Å². The Morgan fingerprint density at radius 2 is 1.96 bits per heavy atom. The van der Waals surface area contributed by atoms with E-state index < -0.39 is 24.0 Å². The molecule has 0 saturated carbocycles. The molecular formula is C17H16N4O5. The number of azo groups is 1. The second-order valence-corrected chi connectivity index (χ2v) is 5.20. The Kier molecular flexibility index (Phi) is 5.82. The van der Waals surface area contributed by atoms with Crippen LogP contribution in [-0.2, 0) is 11.3 Å². The molecule has 26 heavy (non-hydrogen) atoms. The Labute approximate surface area is 148 Å². The average Bonchev–Trinajstić information content (AvgIpc) is 2.65. The third-order valence-electron chi connectivity index (χ3n) is 3.65. The number of aliphatic hydroxyl groups is 1. The third kappa shape index (κ3) is 3.60. The molecule has 0 spiro atoms. The zero-order chi connectivity index (χ0) is 19.3. The monoisotopic (exact) mass is 356 g/mol. The molecule has 9 nitrogen and oxygen atoms in total. The van der Waals surface area contributed by atoms with E-state index in [-0.39, 0.29) is 23.4 Å². The number of esters is 1. The Bertz CT molecular complexity index is 955. The van der Waals surface area contributed by atoms with E-state index in [1.165, 1.54) is 38.3 Å². The van der Waals surface area contributed by atoms with E-state index in [1.54, 1.807) is 0 Å². The van der Waals surface area contributed by atoms with Gasteiger partial charge in [-0.1, -0.05) is 0 Å². The van der Waals surface area contributed by atoms with E-state index >= 15 is 0 Å². The number of rotatable bonds is 5. The summed E-state index contributed by atoms with van der Waals surface area (Å²) in [7, 11) is 1.27. The fourth-order valence-electron chi connectivity index (χ4n) is 2.25. The summed E-state index contributed by atoms with van der Waals surface area (Å²) in [4.78, 5) is 23.8. The summed E-state index contributed by atoms with van der Waals surface area (Å²) >= 11 is 0. The second kappa shape index (κ2) is 8.04. The maximum absolute atomic E-state index is 12.4. The summed E-state index contributed by atoms with van der Waals surface area (Å²) in [5.74, 6) is -1.01. The van der Waals surface area contributed by atoms with Gasteiger partial charge in [0.1, 0.15) is 11.6 Å². The molecule has 0 saturated heterocycles. The Hall–Kier alpha value is -3.51. The topological polar surface area (TPSA) is 137 Å². The number of hydrogen-bond acceptors (Lipinski definition) is 8. The van der Waals surface area contributed by atoms with E-state index in [4.69, 9.17) is 5.11 Å². The number of benzene rings is 1. The average molecular weight is 356 g/mol. The number of ether oxygens (including phenoxy) is 1. The van der Waals surface area contributed by atoms with Gasteiger partial charge in [0.2, 0.25) is 5.88 Å². The van der Waals surface area contributed by atoms with Crippen molar-refractivity contribution in [2.24, 2.45) is 10.2 Å². The first-order chi connectivity index (χ1) is 12.4. The molecule has 0 aliphatic rings. The number of carbonyl (C=O) groups is 1. The van der Waals surface area contributed by atoms with Gasteiger partial charge in [0.25, 0.3) is 5.56 Å². The van der Waals surface area contributed by atoms with Crippen molar-refractivity contribution in [1.29, 1.82) is 5.26 Å². The maximum Gasteiger partial charge on any atom is 0.337 e. The van der Waals surface area contributed by atoms with Gasteiger partial charge >= 0.3 is 5.97 Å². The predicted octanol–water partition coefficient (Wildman–Crippen LogP) is 1.93. The van der Waals surface area contributed by atoms with Crippen LogP contribution < -0.4 is 5.56 Å². The summed E-state index contributed by atoms with van der Waals surface area (Å²) < 4.78 is 5.46. The third-order valence-corrected chi connectivity index (χ3v) is 3.65. The number of aliphatic hydroxyl groups excluding tert-OH is 1. The van der Waals surface area contributed by atoms with Crippen LogP contribution in [0.1, 0.15) is 21.5 Å². The van der Waals surface area contributed by atoms with Gasteiger partial charge in [-0.3, -0.25) is 9.36 Å². The van der Waals surface area contributed by atoms with Gasteiger partial charge in [0.05, 0.1) is 31.5 Å². The van der Waals surface area contributed by atoms with Gasteiger partial charge in [0.15, 0.2) is 5.69 Å². The summed E-state index contributed by atoms with van der Waals surface area (Å²) in [5.41, 5.74) is -0.0268. The minimum atomic E-state index is -0.678. The number of pyridine rings is 1. The highest BCUT2D eigenvalue weighted by Crippen LogP contribution is 2.26. The van der Waals surface area contributed by atoms with Crippen LogP contribution >= 0.6 is 0 Å². The molecule has 1 aromatic carbocycles. The van der Waals surface area contributed by atoms with Crippen molar-refractivity contribution in [3.05, 3.63) is 51.3 Å². The zero-order valence-electron chi connectivity index (χ0n) is 14.1. The van der Waals surface area contributed by atoms with Crippen LogP contribution in [-0.4, -0.2) is 34.5 Å². The first-order valence-corrected chi connectivity index (χ1v) is 7.52. The van der Waals surface area contributed by atoms with Crippen LogP contribution in [0.4, 0.5) is 11.4 Å². The van der Waals surface area contributed by atoms with Crippen molar-refractivity contribution in [2.75, 3.05) is 13.7 Å². The highest BCUT2D eigenvalue weighted by Gasteiger charge is 2.18. The van der Waals surface area contributed by atoms with Crippen molar-refractivity contribution in [3.8, 4) is 11.9 Å². The predicted molar refractivity (Wildman–Crippen MR) is 90.9 cm³/mol. The van der Waals surface area contributed by atoms with Gasteiger partial charge in [-0.15, -0.1) is 5.11 Å². The molecule has 134 valence electrons. The van der Waals surface area contributed by atoms with E-state index in [0.717, 1.165) is 4.57 Å². The van der Waals surface area contributed by atoms with Gasteiger partial charge in [0, 0.05) is 5.56 Å². The van der Waals surface area contributed by atoms with Crippen LogP contribution in [0.3, 0.4) is 0 Å². The molecule has 0 aliphatic carbocycles. The van der Waals surface area contributed by atoms with E-state index in [1.807, 2.05) is 6.07 Å². The standard InChI is InChI=1S/C17H16N4O5/c1-10-13(9-18)15(23)21(7-8-22)16(24)14(10)20-19-12-5-3-11(4-6-12)17(25)26-2/h3-6,22-23H,7-8H2,1-2H3. The SMILES string of the molecule is COC(=O)c1ccc(N=Nc2c(C)c(C#N)c(O)n(CCO)c2=O)cc1. The highest BCUT2D eigenvalue weighted by molar-refractivity contribution is 5.89. The fraction of sp³-hybridized carbons (Fsp3) is 0.235. The highest BCUT2D eigenvalue weighted by atomic mass is 16.5. The number of aromatic nitrogens is 1. The number of nitrogens with zero attached hydrogens (tertiary/aromatic N) is 4. The summed E-state index contributed by atoms with van der Waals surface area (Å²) in [6.45, 7) is 0.889. The smallest absolute Gasteiger partial charge is 0.337 e. The van der Waals surface area contributed by atoms with E-state index in [2.05, 4.69) is 15.0 Å². The molecule has 0 aliphatic heterocycles. The number of methoxy groups -OCH3 is 1. The minimum Gasteiger partial charge on any atom is -0.493 e. The van der Waals surface area contributed by atoms with Crippen molar-refractivity contribution in [2.45, 2.75) is 13.5 Å². The van der Waals surface area contributed by atoms with Gasteiger partial charge < -0.3 is 14.9 Å². The number of aromatic hydroxyl groups is 1. The van der Waals surface area contributed by atoms with Crippen LogP contribution in [0.25, 0.3) is 0 Å². The lowest BCUT2D eigenvalue weighted by Gasteiger charge is -2.11. The minimum absolute atomic E-state index is 0.118. The molecule has 0 radical (unpaired) electrons.